The summed E-state index contributed by atoms with van der Waals surface area (Å²) in [6, 6.07) is 8.23. The van der Waals surface area contributed by atoms with Crippen LogP contribution in [0, 0.1) is 0 Å². The highest BCUT2D eigenvalue weighted by molar-refractivity contribution is 5.89. The highest BCUT2D eigenvalue weighted by Crippen LogP contribution is 2.29. The van der Waals surface area contributed by atoms with Crippen molar-refractivity contribution in [1.82, 2.24) is 14.7 Å². The Kier molecular flexibility index (Phi) is 4.77. The van der Waals surface area contributed by atoms with E-state index < -0.39 is 0 Å². The molecule has 1 aliphatic carbocycles. The maximum absolute atomic E-state index is 11.7. The van der Waals surface area contributed by atoms with E-state index in [0.29, 0.717) is 25.9 Å². The van der Waals surface area contributed by atoms with Crippen molar-refractivity contribution < 1.29 is 9.90 Å². The van der Waals surface area contributed by atoms with Crippen LogP contribution in [0.25, 0.3) is 16.5 Å². The van der Waals surface area contributed by atoms with Crippen LogP contribution < -0.4 is 0 Å². The molecule has 1 aromatic heterocycles. The van der Waals surface area contributed by atoms with Crippen LogP contribution in [0.3, 0.4) is 0 Å². The zero-order valence-electron chi connectivity index (χ0n) is 14.9. The fraction of sp³-hybridized carbons (Fsp3) is 0.400. The van der Waals surface area contributed by atoms with Crippen molar-refractivity contribution in [2.75, 3.05) is 6.54 Å². The molecule has 0 atom stereocenters. The molecule has 1 N–H and O–H groups in total. The van der Waals surface area contributed by atoms with Gasteiger partial charge in [-0.25, -0.2) is 0 Å². The average Bonchev–Trinajstić information content (AvgIpc) is 2.89. The molecule has 2 aromatic rings. The van der Waals surface area contributed by atoms with Crippen LogP contribution in [-0.2, 0) is 11.3 Å². The Bertz CT molecular complexity index is 831. The number of hydrogen-bond acceptors (Lipinski definition) is 4. The first kappa shape index (κ1) is 17.4. The molecule has 1 aromatic carbocycles. The Balaban J connectivity index is 1.87. The van der Waals surface area contributed by atoms with Crippen molar-refractivity contribution in [3.8, 4) is 0 Å². The quantitative estimate of drug-likeness (QED) is 0.842. The Labute approximate surface area is 148 Å². The Hall–Kier alpha value is -2.40. The van der Waals surface area contributed by atoms with E-state index in [4.69, 9.17) is 5.10 Å². The lowest BCUT2D eigenvalue weighted by Crippen LogP contribution is -2.48. The van der Waals surface area contributed by atoms with Crippen LogP contribution in [0.4, 0.5) is 0 Å². The fourth-order valence-corrected chi connectivity index (χ4v) is 3.38. The van der Waals surface area contributed by atoms with E-state index in [1.165, 1.54) is 0 Å². The van der Waals surface area contributed by atoms with Crippen molar-refractivity contribution in [1.29, 1.82) is 0 Å². The number of hydrogen-bond donors (Lipinski definition) is 1. The number of para-hydroxylation sites is 1. The lowest BCUT2D eigenvalue weighted by molar-refractivity contribution is -0.119. The molecule has 3 rings (SSSR count). The van der Waals surface area contributed by atoms with Gasteiger partial charge in [-0.2, -0.15) is 5.10 Å². The van der Waals surface area contributed by atoms with Gasteiger partial charge in [0.15, 0.2) is 0 Å². The first-order valence-corrected chi connectivity index (χ1v) is 8.60. The number of fused-ring (bicyclic) bond motifs is 1. The molecule has 0 amide bonds. The van der Waals surface area contributed by atoms with E-state index in [1.54, 1.807) is 6.92 Å². The summed E-state index contributed by atoms with van der Waals surface area (Å²) in [4.78, 5) is 13.7. The Morgan fingerprint density at radius 2 is 2.00 bits per heavy atom. The summed E-state index contributed by atoms with van der Waals surface area (Å²) in [6.45, 7) is 12.6. The van der Waals surface area contributed by atoms with Crippen molar-refractivity contribution in [2.24, 2.45) is 0 Å². The number of allylic oxidation sites excluding steroid dienone is 2. The van der Waals surface area contributed by atoms with E-state index >= 15 is 0 Å². The lowest BCUT2D eigenvalue weighted by Gasteiger charge is -2.42. The maximum Gasteiger partial charge on any atom is 0.149 e. The molecule has 0 spiro atoms. The third kappa shape index (κ3) is 3.51. The number of nitrogens with zero attached hydrogens (tertiary/aromatic N) is 3. The number of aromatic nitrogens is 2. The van der Waals surface area contributed by atoms with Gasteiger partial charge in [-0.3, -0.25) is 9.48 Å². The van der Waals surface area contributed by atoms with Crippen molar-refractivity contribution in [3.05, 3.63) is 48.8 Å². The van der Waals surface area contributed by atoms with Crippen LogP contribution in [0.5, 0.6) is 0 Å². The molecule has 1 heterocycles. The molecule has 1 fully saturated rings. The number of aliphatic hydroxyl groups is 1. The number of aliphatic hydroxyl groups excluding tert-OH is 1. The van der Waals surface area contributed by atoms with Gasteiger partial charge >= 0.3 is 0 Å². The minimum Gasteiger partial charge on any atom is -0.393 e. The second kappa shape index (κ2) is 6.84. The number of benzene rings is 1. The molecule has 5 nitrogen and oxygen atoms in total. The monoisotopic (exact) mass is 339 g/mol. The van der Waals surface area contributed by atoms with Gasteiger partial charge in [-0.1, -0.05) is 31.4 Å². The summed E-state index contributed by atoms with van der Waals surface area (Å²) in [5, 5.41) is 15.4. The summed E-state index contributed by atoms with van der Waals surface area (Å²) in [6.07, 6.45) is 1.10. The van der Waals surface area contributed by atoms with E-state index in [2.05, 4.69) is 13.2 Å². The third-order valence-corrected chi connectivity index (χ3v) is 4.72. The number of carbonyl (C=O) groups is 1. The van der Waals surface area contributed by atoms with Gasteiger partial charge < -0.3 is 10.0 Å². The van der Waals surface area contributed by atoms with Gasteiger partial charge in [0.2, 0.25) is 0 Å². The standard InChI is InChI=1S/C20H25N3O2/c1-13(2)20-18-7-5-6-8-19(18)23(21-20)11-14(3)22(12-15(4)24)16-9-17(25)10-16/h5-8,16-17,25H,1,3,9-12H2,2,4H3. The molecular formula is C20H25N3O2. The van der Waals surface area contributed by atoms with Crippen LogP contribution in [-0.4, -0.2) is 44.3 Å². The van der Waals surface area contributed by atoms with Crippen LogP contribution >= 0.6 is 0 Å². The molecule has 132 valence electrons. The topological polar surface area (TPSA) is 58.4 Å². The molecular weight excluding hydrogens is 314 g/mol. The molecule has 0 saturated heterocycles. The predicted octanol–water partition coefficient (Wildman–Crippen LogP) is 3.00. The van der Waals surface area contributed by atoms with E-state index in [0.717, 1.165) is 27.9 Å². The molecule has 0 radical (unpaired) electrons. The second-order valence-corrected chi connectivity index (χ2v) is 6.98. The molecule has 5 heteroatoms. The highest BCUT2D eigenvalue weighted by Gasteiger charge is 2.33. The zero-order valence-corrected chi connectivity index (χ0v) is 14.9. The van der Waals surface area contributed by atoms with Gasteiger partial charge in [-0.05, 0) is 38.3 Å². The number of ketones is 1. The SMILES string of the molecule is C=C(C)c1nn(CC(=C)N(CC(C)=O)C2CC(O)C2)c2ccccc12. The number of Topliss-reactive ketones (excluding diaryl/α,β-unsaturated/α-hetero) is 1. The summed E-state index contributed by atoms with van der Waals surface area (Å²) in [7, 11) is 0. The van der Waals surface area contributed by atoms with Crippen LogP contribution in [0.1, 0.15) is 32.4 Å². The third-order valence-electron chi connectivity index (χ3n) is 4.72. The molecule has 0 aliphatic heterocycles. The fourth-order valence-electron chi connectivity index (χ4n) is 3.38. The first-order valence-electron chi connectivity index (χ1n) is 8.60. The molecule has 25 heavy (non-hydrogen) atoms. The summed E-state index contributed by atoms with van der Waals surface area (Å²) in [5.74, 6) is 0.0930. The second-order valence-electron chi connectivity index (χ2n) is 6.98. The number of carbonyl (C=O) groups excluding carboxylic acids is 1. The lowest BCUT2D eigenvalue weighted by atomic mass is 9.87. The smallest absolute Gasteiger partial charge is 0.149 e. The van der Waals surface area contributed by atoms with E-state index in [9.17, 15) is 9.90 Å². The first-order chi connectivity index (χ1) is 11.9. The van der Waals surface area contributed by atoms with E-state index in [1.807, 2.05) is 40.8 Å². The summed E-state index contributed by atoms with van der Waals surface area (Å²) < 4.78 is 1.92. The Morgan fingerprint density at radius 1 is 1.32 bits per heavy atom. The normalized spacial score (nSPS) is 19.5. The van der Waals surface area contributed by atoms with Crippen LogP contribution in [0.2, 0.25) is 0 Å². The largest absolute Gasteiger partial charge is 0.393 e. The van der Waals surface area contributed by atoms with Gasteiger partial charge in [0.1, 0.15) is 5.78 Å². The van der Waals surface area contributed by atoms with Gasteiger partial charge in [0.05, 0.1) is 30.4 Å². The van der Waals surface area contributed by atoms with Crippen LogP contribution in [0.15, 0.2) is 43.1 Å². The van der Waals surface area contributed by atoms with Crippen molar-refractivity contribution >= 4 is 22.3 Å². The maximum atomic E-state index is 11.7. The summed E-state index contributed by atoms with van der Waals surface area (Å²) in [5.41, 5.74) is 3.68. The van der Waals surface area contributed by atoms with Gasteiger partial charge in [0, 0.05) is 17.1 Å². The average molecular weight is 339 g/mol. The molecule has 1 aliphatic rings. The van der Waals surface area contributed by atoms with E-state index in [-0.39, 0.29) is 17.9 Å². The molecule has 0 bridgehead atoms. The van der Waals surface area contributed by atoms with Gasteiger partial charge in [-0.15, -0.1) is 0 Å². The number of rotatable bonds is 7. The molecule has 0 unspecified atom stereocenters. The highest BCUT2D eigenvalue weighted by atomic mass is 16.3. The summed E-state index contributed by atoms with van der Waals surface area (Å²) >= 11 is 0. The Morgan fingerprint density at radius 3 is 2.60 bits per heavy atom. The zero-order chi connectivity index (χ0) is 18.1. The van der Waals surface area contributed by atoms with Crippen molar-refractivity contribution in [2.45, 2.75) is 45.4 Å². The minimum atomic E-state index is -0.271. The van der Waals surface area contributed by atoms with Crippen molar-refractivity contribution in [3.63, 3.8) is 0 Å². The minimum absolute atomic E-state index is 0.0930. The predicted molar refractivity (Wildman–Crippen MR) is 100.0 cm³/mol. The molecule has 1 saturated carbocycles. The van der Waals surface area contributed by atoms with Gasteiger partial charge in [0.25, 0.3) is 0 Å².